The van der Waals surface area contributed by atoms with Crippen molar-refractivity contribution in [1.29, 1.82) is 0 Å². The standard InChI is InChI=1S/C39H27N5/c1-44-35-19-11-10-18-34(35)40-39(44)31-23-21-28-24-30(22-20-29(28)25-31)32-16-8-9-17-33(32)38-42-36(26-12-4-2-5-13-26)41-37(43-38)27-14-6-3-7-15-27/h2-25H,1H3. The molecule has 0 unspecified atom stereocenters. The van der Waals surface area contributed by atoms with Crippen LogP contribution in [0.2, 0.25) is 0 Å². The van der Waals surface area contributed by atoms with E-state index in [1.165, 1.54) is 0 Å². The first kappa shape index (κ1) is 25.7. The highest BCUT2D eigenvalue weighted by Crippen LogP contribution is 2.35. The van der Waals surface area contributed by atoms with Crippen molar-refractivity contribution in [3.8, 4) is 56.7 Å². The quantitative estimate of drug-likeness (QED) is 0.209. The fourth-order valence-corrected chi connectivity index (χ4v) is 5.81. The van der Waals surface area contributed by atoms with Crippen molar-refractivity contribution >= 4 is 21.8 Å². The van der Waals surface area contributed by atoms with Crippen LogP contribution in [0.15, 0.2) is 146 Å². The van der Waals surface area contributed by atoms with Gasteiger partial charge in [0.25, 0.3) is 0 Å². The third-order valence-electron chi connectivity index (χ3n) is 8.06. The molecule has 0 spiro atoms. The van der Waals surface area contributed by atoms with Crippen LogP contribution in [0.3, 0.4) is 0 Å². The van der Waals surface area contributed by atoms with Gasteiger partial charge in [-0.2, -0.15) is 0 Å². The molecule has 2 aromatic heterocycles. The van der Waals surface area contributed by atoms with Gasteiger partial charge in [0, 0.05) is 29.3 Å². The van der Waals surface area contributed by atoms with Crippen molar-refractivity contribution in [1.82, 2.24) is 24.5 Å². The summed E-state index contributed by atoms with van der Waals surface area (Å²) in [5.74, 6) is 2.90. The summed E-state index contributed by atoms with van der Waals surface area (Å²) < 4.78 is 2.16. The Labute approximate surface area is 255 Å². The molecular formula is C39H27N5. The van der Waals surface area contributed by atoms with Gasteiger partial charge in [-0.05, 0) is 46.2 Å². The van der Waals surface area contributed by atoms with Gasteiger partial charge in [0.1, 0.15) is 5.82 Å². The average molecular weight is 566 g/mol. The molecule has 0 saturated heterocycles. The van der Waals surface area contributed by atoms with E-state index >= 15 is 0 Å². The first-order valence-corrected chi connectivity index (χ1v) is 14.6. The van der Waals surface area contributed by atoms with E-state index in [0.29, 0.717) is 17.5 Å². The number of hydrogen-bond donors (Lipinski definition) is 0. The van der Waals surface area contributed by atoms with Gasteiger partial charge >= 0.3 is 0 Å². The molecule has 0 aliphatic carbocycles. The number of para-hydroxylation sites is 2. The largest absolute Gasteiger partial charge is 0.327 e. The van der Waals surface area contributed by atoms with E-state index < -0.39 is 0 Å². The lowest BCUT2D eigenvalue weighted by molar-refractivity contribution is 0.960. The Morgan fingerprint density at radius 3 is 1.59 bits per heavy atom. The molecule has 44 heavy (non-hydrogen) atoms. The summed E-state index contributed by atoms with van der Waals surface area (Å²) in [4.78, 5) is 19.7. The molecule has 0 saturated carbocycles. The van der Waals surface area contributed by atoms with Crippen molar-refractivity contribution in [3.05, 3.63) is 146 Å². The zero-order valence-corrected chi connectivity index (χ0v) is 24.1. The predicted octanol–water partition coefficient (Wildman–Crippen LogP) is 9.25. The molecule has 8 rings (SSSR count). The smallest absolute Gasteiger partial charge is 0.164 e. The van der Waals surface area contributed by atoms with Crippen LogP contribution >= 0.6 is 0 Å². The van der Waals surface area contributed by atoms with Crippen LogP contribution in [0.25, 0.3) is 78.5 Å². The molecular weight excluding hydrogens is 538 g/mol. The van der Waals surface area contributed by atoms with Crippen molar-refractivity contribution in [2.75, 3.05) is 0 Å². The summed E-state index contributed by atoms with van der Waals surface area (Å²) in [6.07, 6.45) is 0. The van der Waals surface area contributed by atoms with Crippen molar-refractivity contribution in [3.63, 3.8) is 0 Å². The Morgan fingerprint density at radius 2 is 0.932 bits per heavy atom. The third-order valence-corrected chi connectivity index (χ3v) is 8.06. The van der Waals surface area contributed by atoms with Gasteiger partial charge in [0.05, 0.1) is 11.0 Å². The van der Waals surface area contributed by atoms with Gasteiger partial charge < -0.3 is 4.57 Å². The highest BCUT2D eigenvalue weighted by atomic mass is 15.1. The molecule has 5 heteroatoms. The number of hydrogen-bond acceptors (Lipinski definition) is 4. The number of rotatable bonds is 5. The summed E-state index contributed by atoms with van der Waals surface area (Å²) in [6.45, 7) is 0. The zero-order chi connectivity index (χ0) is 29.5. The second-order valence-corrected chi connectivity index (χ2v) is 10.8. The SMILES string of the molecule is Cn1c(-c2ccc3cc(-c4ccccc4-c4nc(-c5ccccc5)nc(-c5ccccc5)n4)ccc3c2)nc2ccccc21. The number of aryl methyl sites for hydroxylation is 1. The number of benzene rings is 6. The minimum atomic E-state index is 0.644. The van der Waals surface area contributed by atoms with Gasteiger partial charge in [-0.15, -0.1) is 0 Å². The van der Waals surface area contributed by atoms with E-state index in [4.69, 9.17) is 19.9 Å². The molecule has 0 N–H and O–H groups in total. The normalized spacial score (nSPS) is 11.3. The minimum absolute atomic E-state index is 0.644. The highest BCUT2D eigenvalue weighted by Gasteiger charge is 2.16. The lowest BCUT2D eigenvalue weighted by atomic mass is 9.96. The molecule has 5 nitrogen and oxygen atoms in total. The van der Waals surface area contributed by atoms with Crippen LogP contribution in [-0.2, 0) is 7.05 Å². The fraction of sp³-hybridized carbons (Fsp3) is 0.0256. The van der Waals surface area contributed by atoms with Crippen LogP contribution in [0, 0.1) is 0 Å². The molecule has 0 radical (unpaired) electrons. The topological polar surface area (TPSA) is 56.5 Å². The first-order chi connectivity index (χ1) is 21.7. The second kappa shape index (κ2) is 10.7. The van der Waals surface area contributed by atoms with Gasteiger partial charge in [-0.25, -0.2) is 19.9 Å². The molecule has 0 fully saturated rings. The van der Waals surface area contributed by atoms with E-state index in [1.807, 2.05) is 72.8 Å². The Hall–Kier alpha value is -5.94. The maximum absolute atomic E-state index is 4.99. The Morgan fingerprint density at radius 1 is 0.409 bits per heavy atom. The molecule has 6 aromatic carbocycles. The Balaban J connectivity index is 1.23. The average Bonchev–Trinajstić information content (AvgIpc) is 3.44. The van der Waals surface area contributed by atoms with E-state index in [0.717, 1.165) is 61.0 Å². The molecule has 0 bridgehead atoms. The summed E-state index contributed by atoms with van der Waals surface area (Å²) >= 11 is 0. The van der Waals surface area contributed by atoms with Crippen LogP contribution in [0.4, 0.5) is 0 Å². The van der Waals surface area contributed by atoms with Gasteiger partial charge in [-0.3, -0.25) is 0 Å². The lowest BCUT2D eigenvalue weighted by Crippen LogP contribution is -2.01. The van der Waals surface area contributed by atoms with Gasteiger partial charge in [0.2, 0.25) is 0 Å². The molecule has 2 heterocycles. The molecule has 208 valence electrons. The van der Waals surface area contributed by atoms with Crippen molar-refractivity contribution in [2.45, 2.75) is 0 Å². The minimum Gasteiger partial charge on any atom is -0.327 e. The van der Waals surface area contributed by atoms with E-state index in [9.17, 15) is 0 Å². The maximum atomic E-state index is 4.99. The lowest BCUT2D eigenvalue weighted by Gasteiger charge is -2.13. The van der Waals surface area contributed by atoms with Crippen molar-refractivity contribution < 1.29 is 0 Å². The molecule has 0 atom stereocenters. The number of fused-ring (bicyclic) bond motifs is 2. The number of nitrogens with zero attached hydrogens (tertiary/aromatic N) is 5. The number of aromatic nitrogens is 5. The Bertz CT molecular complexity index is 2230. The molecule has 0 aliphatic heterocycles. The fourth-order valence-electron chi connectivity index (χ4n) is 5.81. The van der Waals surface area contributed by atoms with E-state index in [2.05, 4.69) is 84.4 Å². The summed E-state index contributed by atoms with van der Waals surface area (Å²) in [7, 11) is 2.07. The first-order valence-electron chi connectivity index (χ1n) is 14.6. The highest BCUT2D eigenvalue weighted by molar-refractivity contribution is 5.93. The summed E-state index contributed by atoms with van der Waals surface area (Å²) in [6, 6.07) is 49.9. The van der Waals surface area contributed by atoms with Gasteiger partial charge in [0.15, 0.2) is 17.5 Å². The van der Waals surface area contributed by atoms with Crippen LogP contribution in [0.5, 0.6) is 0 Å². The second-order valence-electron chi connectivity index (χ2n) is 10.8. The van der Waals surface area contributed by atoms with E-state index in [-0.39, 0.29) is 0 Å². The van der Waals surface area contributed by atoms with Crippen molar-refractivity contribution in [2.24, 2.45) is 7.05 Å². The van der Waals surface area contributed by atoms with Crippen LogP contribution in [0.1, 0.15) is 0 Å². The van der Waals surface area contributed by atoms with Gasteiger partial charge in [-0.1, -0.05) is 121 Å². The molecule has 8 aromatic rings. The molecule has 0 aliphatic rings. The van der Waals surface area contributed by atoms with Crippen LogP contribution in [-0.4, -0.2) is 24.5 Å². The Kier molecular flexibility index (Phi) is 6.27. The third kappa shape index (κ3) is 4.61. The summed E-state index contributed by atoms with van der Waals surface area (Å²) in [5.41, 5.74) is 8.25. The molecule has 0 amide bonds. The van der Waals surface area contributed by atoms with E-state index in [1.54, 1.807) is 0 Å². The number of imidazole rings is 1. The monoisotopic (exact) mass is 565 g/mol. The zero-order valence-electron chi connectivity index (χ0n) is 24.1. The predicted molar refractivity (Wildman–Crippen MR) is 179 cm³/mol. The maximum Gasteiger partial charge on any atom is 0.164 e. The van der Waals surface area contributed by atoms with Crippen LogP contribution < -0.4 is 0 Å². The summed E-state index contributed by atoms with van der Waals surface area (Å²) in [5, 5.41) is 2.32.